The Balaban J connectivity index is 0.000000338. The first kappa shape index (κ1) is 27.0. The summed E-state index contributed by atoms with van der Waals surface area (Å²) in [6.45, 7) is 5.98. The highest BCUT2D eigenvalue weighted by atomic mass is 16.5. The Kier molecular flexibility index (Phi) is 11.1. The first-order valence-corrected chi connectivity index (χ1v) is 12.3. The average Bonchev–Trinajstić information content (AvgIpc) is 2.91. The van der Waals surface area contributed by atoms with Crippen LogP contribution < -0.4 is 19.7 Å². The molecule has 4 rings (SSSR count). The number of rotatable bonds is 11. The molecule has 1 aliphatic heterocycles. The van der Waals surface area contributed by atoms with Gasteiger partial charge < -0.3 is 29.5 Å². The third-order valence-corrected chi connectivity index (χ3v) is 5.67. The number of fused-ring (bicyclic) bond motifs is 1. The lowest BCUT2D eigenvalue weighted by atomic mass is 10.1. The van der Waals surface area contributed by atoms with E-state index < -0.39 is 12.1 Å². The van der Waals surface area contributed by atoms with E-state index in [2.05, 4.69) is 28.4 Å². The highest BCUT2D eigenvalue weighted by Gasteiger charge is 2.18. The summed E-state index contributed by atoms with van der Waals surface area (Å²) in [5.74, 6) is 0.738. The summed E-state index contributed by atoms with van der Waals surface area (Å²) in [4.78, 5) is 13.4. The van der Waals surface area contributed by atoms with E-state index in [0.717, 1.165) is 42.4 Å². The Bertz CT molecular complexity index is 1040. The molecule has 0 fully saturated rings. The van der Waals surface area contributed by atoms with Gasteiger partial charge in [0, 0.05) is 19.6 Å². The molecule has 0 saturated heterocycles. The summed E-state index contributed by atoms with van der Waals surface area (Å²) in [6, 6.07) is 25.9. The molecule has 3 aromatic rings. The molecule has 3 aromatic carbocycles. The van der Waals surface area contributed by atoms with E-state index in [4.69, 9.17) is 19.3 Å². The smallest absolute Gasteiger partial charge is 0.333 e. The van der Waals surface area contributed by atoms with Crippen LogP contribution in [0, 0.1) is 0 Å². The van der Waals surface area contributed by atoms with Crippen molar-refractivity contribution in [1.82, 2.24) is 5.32 Å². The summed E-state index contributed by atoms with van der Waals surface area (Å²) < 4.78 is 16.8. The van der Waals surface area contributed by atoms with Gasteiger partial charge in [-0.05, 0) is 49.4 Å². The van der Waals surface area contributed by atoms with Crippen LogP contribution in [-0.4, -0.2) is 57.1 Å². The molecule has 1 aliphatic rings. The van der Waals surface area contributed by atoms with Crippen molar-refractivity contribution < 1.29 is 24.1 Å². The zero-order valence-corrected chi connectivity index (χ0v) is 21.1. The fraction of sp³-hybridized carbons (Fsp3) is 0.345. The van der Waals surface area contributed by atoms with Crippen molar-refractivity contribution in [3.05, 3.63) is 90.0 Å². The number of aliphatic carboxylic acids is 1. The average molecular weight is 493 g/mol. The van der Waals surface area contributed by atoms with Gasteiger partial charge in [-0.15, -0.1) is 0 Å². The first-order chi connectivity index (χ1) is 17.6. The van der Waals surface area contributed by atoms with Crippen LogP contribution in [0.3, 0.4) is 0 Å². The van der Waals surface area contributed by atoms with Crippen LogP contribution in [0.1, 0.15) is 18.1 Å². The maximum absolute atomic E-state index is 11.2. The van der Waals surface area contributed by atoms with E-state index >= 15 is 0 Å². The fourth-order valence-corrected chi connectivity index (χ4v) is 3.89. The minimum Gasteiger partial charge on any atom is -0.492 e. The molecule has 0 saturated carbocycles. The van der Waals surface area contributed by atoms with Crippen LogP contribution in [0.15, 0.2) is 78.9 Å². The lowest BCUT2D eigenvalue weighted by Crippen LogP contribution is -2.35. The van der Waals surface area contributed by atoms with Crippen LogP contribution in [0.25, 0.3) is 0 Å². The Morgan fingerprint density at radius 2 is 1.75 bits per heavy atom. The number of carboxylic acids is 1. The molecule has 0 aliphatic carbocycles. The highest BCUT2D eigenvalue weighted by molar-refractivity contribution is 5.72. The molecule has 0 radical (unpaired) electrons. The molecule has 7 nitrogen and oxygen atoms in total. The monoisotopic (exact) mass is 492 g/mol. The summed E-state index contributed by atoms with van der Waals surface area (Å²) in [5, 5.41) is 12.3. The van der Waals surface area contributed by atoms with Gasteiger partial charge in [-0.2, -0.15) is 0 Å². The molecule has 0 spiro atoms. The zero-order chi connectivity index (χ0) is 25.6. The number of hydrogen-bond acceptors (Lipinski definition) is 6. The topological polar surface area (TPSA) is 80.3 Å². The minimum atomic E-state index is -0.942. The number of hydrogen-bond donors (Lipinski definition) is 2. The normalized spacial score (nSPS) is 13.0. The molecule has 0 aromatic heterocycles. The summed E-state index contributed by atoms with van der Waals surface area (Å²) in [7, 11) is 1.95. The van der Waals surface area contributed by atoms with Crippen molar-refractivity contribution in [2.75, 3.05) is 44.9 Å². The van der Waals surface area contributed by atoms with E-state index in [1.807, 2.05) is 67.7 Å². The van der Waals surface area contributed by atoms with Gasteiger partial charge in [-0.25, -0.2) is 4.79 Å². The zero-order valence-electron chi connectivity index (χ0n) is 21.1. The van der Waals surface area contributed by atoms with Gasteiger partial charge >= 0.3 is 5.97 Å². The largest absolute Gasteiger partial charge is 0.492 e. The SMILES string of the molecule is CCOC(Cc1ccc(OCCN2CCOc3ccccc32)cc1)C(=O)O.CNCc1ccccc1. The molecule has 36 heavy (non-hydrogen) atoms. The van der Waals surface area contributed by atoms with Crippen molar-refractivity contribution in [1.29, 1.82) is 0 Å². The molecular weight excluding hydrogens is 456 g/mol. The van der Waals surface area contributed by atoms with Gasteiger partial charge in [0.25, 0.3) is 0 Å². The first-order valence-electron chi connectivity index (χ1n) is 12.3. The standard InChI is InChI=1S/C21H25NO5.C8H11N/c1-2-25-20(21(23)24)15-16-7-9-17(10-8-16)26-13-11-22-12-14-27-19-6-4-3-5-18(19)22;1-9-7-8-5-3-2-4-6-8/h3-10,20H,2,11-15H2,1H3,(H,23,24);2-6,9H,7H2,1H3. The number of benzene rings is 3. The van der Waals surface area contributed by atoms with E-state index in [9.17, 15) is 4.79 Å². The highest BCUT2D eigenvalue weighted by Crippen LogP contribution is 2.30. The fourth-order valence-electron chi connectivity index (χ4n) is 3.89. The summed E-state index contributed by atoms with van der Waals surface area (Å²) in [6.07, 6.45) is -0.475. The van der Waals surface area contributed by atoms with E-state index in [1.165, 1.54) is 5.56 Å². The maximum Gasteiger partial charge on any atom is 0.333 e. The van der Waals surface area contributed by atoms with Crippen molar-refractivity contribution in [2.45, 2.75) is 26.0 Å². The Morgan fingerprint density at radius 1 is 1.03 bits per heavy atom. The third-order valence-electron chi connectivity index (χ3n) is 5.67. The number of ether oxygens (including phenoxy) is 3. The Morgan fingerprint density at radius 3 is 2.44 bits per heavy atom. The van der Waals surface area contributed by atoms with E-state index in [-0.39, 0.29) is 0 Å². The molecular formula is C29H36N2O5. The number of para-hydroxylation sites is 2. The molecule has 1 unspecified atom stereocenters. The molecule has 7 heteroatoms. The predicted octanol–water partition coefficient (Wildman–Crippen LogP) is 4.40. The van der Waals surface area contributed by atoms with Crippen LogP contribution >= 0.6 is 0 Å². The van der Waals surface area contributed by atoms with Gasteiger partial charge in [-0.1, -0.05) is 54.6 Å². The van der Waals surface area contributed by atoms with E-state index in [0.29, 0.717) is 26.2 Å². The van der Waals surface area contributed by atoms with Gasteiger partial charge in [0.15, 0.2) is 6.10 Å². The Labute approximate surface area is 213 Å². The van der Waals surface area contributed by atoms with Crippen LogP contribution in [0.2, 0.25) is 0 Å². The number of nitrogens with zero attached hydrogens (tertiary/aromatic N) is 1. The van der Waals surface area contributed by atoms with Crippen molar-refractivity contribution in [3.8, 4) is 11.5 Å². The molecule has 1 atom stereocenters. The minimum absolute atomic E-state index is 0.341. The third kappa shape index (κ3) is 8.59. The number of carboxylic acid groups (broad SMARTS) is 1. The second kappa shape index (κ2) is 14.8. The maximum atomic E-state index is 11.2. The van der Waals surface area contributed by atoms with Gasteiger partial charge in [0.1, 0.15) is 24.7 Å². The predicted molar refractivity (Wildman–Crippen MR) is 142 cm³/mol. The second-order valence-corrected chi connectivity index (χ2v) is 8.30. The summed E-state index contributed by atoms with van der Waals surface area (Å²) in [5.41, 5.74) is 3.34. The lowest BCUT2D eigenvalue weighted by molar-refractivity contribution is -0.149. The summed E-state index contributed by atoms with van der Waals surface area (Å²) >= 11 is 0. The van der Waals surface area contributed by atoms with Crippen molar-refractivity contribution in [3.63, 3.8) is 0 Å². The molecule has 1 heterocycles. The molecule has 2 N–H and O–H groups in total. The van der Waals surface area contributed by atoms with Crippen LogP contribution in [-0.2, 0) is 22.5 Å². The number of nitrogens with one attached hydrogen (secondary N) is 1. The van der Waals surface area contributed by atoms with Crippen molar-refractivity contribution >= 4 is 11.7 Å². The molecule has 0 amide bonds. The lowest BCUT2D eigenvalue weighted by Gasteiger charge is -2.31. The number of anilines is 1. The van der Waals surface area contributed by atoms with Gasteiger partial charge in [0.05, 0.1) is 18.8 Å². The van der Waals surface area contributed by atoms with Gasteiger partial charge in [0.2, 0.25) is 0 Å². The van der Waals surface area contributed by atoms with Crippen LogP contribution in [0.4, 0.5) is 5.69 Å². The van der Waals surface area contributed by atoms with Gasteiger partial charge in [-0.3, -0.25) is 0 Å². The van der Waals surface area contributed by atoms with E-state index in [1.54, 1.807) is 6.92 Å². The van der Waals surface area contributed by atoms with Crippen LogP contribution in [0.5, 0.6) is 11.5 Å². The molecule has 0 bridgehead atoms. The Hall–Kier alpha value is -3.55. The van der Waals surface area contributed by atoms with Crippen molar-refractivity contribution in [2.24, 2.45) is 0 Å². The number of carbonyl (C=O) groups is 1. The molecule has 192 valence electrons. The second-order valence-electron chi connectivity index (χ2n) is 8.30. The quantitative estimate of drug-likeness (QED) is 0.411.